The van der Waals surface area contributed by atoms with Crippen LogP contribution in [-0.2, 0) is 0 Å². The third-order valence-corrected chi connectivity index (χ3v) is 4.41. The summed E-state index contributed by atoms with van der Waals surface area (Å²) in [7, 11) is 0. The Morgan fingerprint density at radius 3 is 2.43 bits per heavy atom. The molecule has 4 N–H and O–H groups in total. The number of fused-ring (bicyclic) bond motifs is 1. The Morgan fingerprint density at radius 2 is 1.68 bits per heavy atom. The van der Waals surface area contributed by atoms with Crippen LogP contribution in [0.5, 0.6) is 0 Å². The summed E-state index contributed by atoms with van der Waals surface area (Å²) in [4.78, 5) is 27.5. The highest BCUT2D eigenvalue weighted by Crippen LogP contribution is 2.26. The second kappa shape index (κ2) is 7.00. The first-order chi connectivity index (χ1) is 13.5. The van der Waals surface area contributed by atoms with Gasteiger partial charge in [-0.25, -0.2) is 4.39 Å². The number of rotatable bonds is 3. The molecule has 0 aliphatic carbocycles. The number of benzene rings is 3. The van der Waals surface area contributed by atoms with Crippen molar-refractivity contribution in [2.24, 2.45) is 0 Å². The van der Waals surface area contributed by atoms with Gasteiger partial charge in [-0.05, 0) is 47.5 Å². The van der Waals surface area contributed by atoms with E-state index in [4.69, 9.17) is 5.73 Å². The van der Waals surface area contributed by atoms with Crippen LogP contribution in [-0.4, -0.2) is 10.9 Å². The maximum atomic E-state index is 13.4. The maximum Gasteiger partial charge on any atom is 0.256 e. The fourth-order valence-electron chi connectivity index (χ4n) is 3.07. The van der Waals surface area contributed by atoms with Crippen LogP contribution in [0.3, 0.4) is 0 Å². The van der Waals surface area contributed by atoms with Gasteiger partial charge in [0.1, 0.15) is 5.82 Å². The molecule has 28 heavy (non-hydrogen) atoms. The van der Waals surface area contributed by atoms with E-state index in [-0.39, 0.29) is 5.56 Å². The number of pyridine rings is 1. The SMILES string of the molecule is Nc1ccc(-c2ccc3c(C(=O)Nc4cccc(F)c4)cc(=O)[nH]c3c2)cc1. The summed E-state index contributed by atoms with van der Waals surface area (Å²) in [6.45, 7) is 0. The molecule has 138 valence electrons. The first kappa shape index (κ1) is 17.5. The minimum Gasteiger partial charge on any atom is -0.399 e. The van der Waals surface area contributed by atoms with Gasteiger partial charge in [0.25, 0.3) is 5.91 Å². The fraction of sp³-hybridized carbons (Fsp3) is 0. The minimum atomic E-state index is -0.484. The zero-order valence-electron chi connectivity index (χ0n) is 14.7. The summed E-state index contributed by atoms with van der Waals surface area (Å²) in [5.41, 5.74) is 8.87. The van der Waals surface area contributed by atoms with Gasteiger partial charge in [-0.3, -0.25) is 9.59 Å². The summed E-state index contributed by atoms with van der Waals surface area (Å²) < 4.78 is 13.4. The van der Waals surface area contributed by atoms with Gasteiger partial charge < -0.3 is 16.0 Å². The topological polar surface area (TPSA) is 88.0 Å². The molecule has 0 saturated heterocycles. The van der Waals surface area contributed by atoms with E-state index in [1.165, 1.54) is 24.3 Å². The molecule has 1 amide bonds. The first-order valence-electron chi connectivity index (χ1n) is 8.59. The van der Waals surface area contributed by atoms with Crippen molar-refractivity contribution in [3.63, 3.8) is 0 Å². The Bertz CT molecular complexity index is 1250. The van der Waals surface area contributed by atoms with Gasteiger partial charge in [0.2, 0.25) is 5.56 Å². The van der Waals surface area contributed by atoms with Crippen molar-refractivity contribution in [2.75, 3.05) is 11.1 Å². The number of halogens is 1. The molecule has 0 radical (unpaired) electrons. The normalized spacial score (nSPS) is 10.8. The number of aromatic nitrogens is 1. The van der Waals surface area contributed by atoms with E-state index in [0.29, 0.717) is 22.3 Å². The molecule has 0 spiro atoms. The molecule has 6 heteroatoms. The van der Waals surface area contributed by atoms with Crippen LogP contribution in [0.4, 0.5) is 15.8 Å². The van der Waals surface area contributed by atoms with Gasteiger partial charge in [-0.1, -0.05) is 30.3 Å². The molecule has 4 rings (SSSR count). The largest absolute Gasteiger partial charge is 0.399 e. The molecule has 0 fully saturated rings. The lowest BCUT2D eigenvalue weighted by Gasteiger charge is -2.10. The number of hydrogen-bond acceptors (Lipinski definition) is 3. The van der Waals surface area contributed by atoms with E-state index in [1.807, 2.05) is 18.2 Å². The van der Waals surface area contributed by atoms with Crippen molar-refractivity contribution < 1.29 is 9.18 Å². The van der Waals surface area contributed by atoms with Gasteiger partial charge >= 0.3 is 0 Å². The van der Waals surface area contributed by atoms with Gasteiger partial charge in [0.15, 0.2) is 0 Å². The van der Waals surface area contributed by atoms with Crippen molar-refractivity contribution in [3.8, 4) is 11.1 Å². The second-order valence-corrected chi connectivity index (χ2v) is 6.39. The third kappa shape index (κ3) is 3.48. The van der Waals surface area contributed by atoms with Crippen LogP contribution >= 0.6 is 0 Å². The maximum absolute atomic E-state index is 13.4. The quantitative estimate of drug-likeness (QED) is 0.471. The van der Waals surface area contributed by atoms with E-state index in [2.05, 4.69) is 10.3 Å². The van der Waals surface area contributed by atoms with Crippen molar-refractivity contribution in [3.05, 3.63) is 94.5 Å². The van der Waals surface area contributed by atoms with Crippen LogP contribution in [0.1, 0.15) is 10.4 Å². The molecule has 1 heterocycles. The molecule has 3 aromatic carbocycles. The average molecular weight is 373 g/mol. The first-order valence-corrected chi connectivity index (χ1v) is 8.59. The number of carbonyl (C=O) groups is 1. The Morgan fingerprint density at radius 1 is 0.929 bits per heavy atom. The highest BCUT2D eigenvalue weighted by atomic mass is 19.1. The number of nitrogen functional groups attached to an aromatic ring is 1. The lowest BCUT2D eigenvalue weighted by molar-refractivity contribution is 0.102. The van der Waals surface area contributed by atoms with Crippen LogP contribution in [0.15, 0.2) is 77.6 Å². The predicted octanol–water partition coefficient (Wildman–Crippen LogP) is 4.17. The summed E-state index contributed by atoms with van der Waals surface area (Å²) in [5.74, 6) is -0.941. The van der Waals surface area contributed by atoms with Crippen molar-refractivity contribution in [1.82, 2.24) is 4.98 Å². The zero-order valence-corrected chi connectivity index (χ0v) is 14.7. The molecular weight excluding hydrogens is 357 g/mol. The number of anilines is 2. The molecule has 0 atom stereocenters. The van der Waals surface area contributed by atoms with Crippen LogP contribution in [0.25, 0.3) is 22.0 Å². The van der Waals surface area contributed by atoms with E-state index in [9.17, 15) is 14.0 Å². The van der Waals surface area contributed by atoms with Crippen molar-refractivity contribution in [2.45, 2.75) is 0 Å². The van der Waals surface area contributed by atoms with E-state index < -0.39 is 17.3 Å². The number of hydrogen-bond donors (Lipinski definition) is 3. The van der Waals surface area contributed by atoms with Gasteiger partial charge in [-0.15, -0.1) is 0 Å². The smallest absolute Gasteiger partial charge is 0.256 e. The minimum absolute atomic E-state index is 0.215. The molecule has 0 saturated carbocycles. The lowest BCUT2D eigenvalue weighted by atomic mass is 10.0. The molecule has 0 unspecified atom stereocenters. The molecule has 5 nitrogen and oxygen atoms in total. The number of carbonyl (C=O) groups excluding carboxylic acids is 1. The predicted molar refractivity (Wildman–Crippen MR) is 109 cm³/mol. The lowest BCUT2D eigenvalue weighted by Crippen LogP contribution is -2.17. The van der Waals surface area contributed by atoms with Crippen LogP contribution < -0.4 is 16.6 Å². The van der Waals surface area contributed by atoms with Gasteiger partial charge in [0, 0.05) is 28.3 Å². The van der Waals surface area contributed by atoms with Crippen LogP contribution in [0.2, 0.25) is 0 Å². The molecule has 1 aromatic heterocycles. The van der Waals surface area contributed by atoms with E-state index in [1.54, 1.807) is 30.3 Å². The Hall–Kier alpha value is -3.93. The highest BCUT2D eigenvalue weighted by molar-refractivity contribution is 6.12. The molecule has 4 aromatic rings. The van der Waals surface area contributed by atoms with Crippen LogP contribution in [0, 0.1) is 5.82 Å². The summed E-state index contributed by atoms with van der Waals surface area (Å²) in [6, 6.07) is 19.6. The molecule has 0 bridgehead atoms. The zero-order chi connectivity index (χ0) is 19.7. The molecule has 0 aliphatic rings. The second-order valence-electron chi connectivity index (χ2n) is 6.39. The van der Waals surface area contributed by atoms with Crippen molar-refractivity contribution >= 4 is 28.2 Å². The Kier molecular flexibility index (Phi) is 4.37. The highest BCUT2D eigenvalue weighted by Gasteiger charge is 2.13. The monoisotopic (exact) mass is 373 g/mol. The summed E-state index contributed by atoms with van der Waals surface area (Å²) in [6.07, 6.45) is 0. The number of nitrogens with one attached hydrogen (secondary N) is 2. The molecular formula is C22H16FN3O2. The fourth-order valence-corrected chi connectivity index (χ4v) is 3.07. The number of nitrogens with two attached hydrogens (primary N) is 1. The standard InChI is InChI=1S/C22H16FN3O2/c23-15-2-1-3-17(11-15)25-22(28)19-12-21(27)26-20-10-14(6-9-18(19)20)13-4-7-16(24)8-5-13/h1-12H,24H2,(H,25,28)(H,26,27). The summed E-state index contributed by atoms with van der Waals surface area (Å²) >= 11 is 0. The third-order valence-electron chi connectivity index (χ3n) is 4.41. The van der Waals surface area contributed by atoms with Crippen molar-refractivity contribution in [1.29, 1.82) is 0 Å². The van der Waals surface area contributed by atoms with E-state index >= 15 is 0 Å². The Balaban J connectivity index is 1.75. The summed E-state index contributed by atoms with van der Waals surface area (Å²) in [5, 5.41) is 3.22. The number of H-pyrrole nitrogens is 1. The Labute approximate surface area is 159 Å². The van der Waals surface area contributed by atoms with Gasteiger partial charge in [-0.2, -0.15) is 0 Å². The average Bonchev–Trinajstić information content (AvgIpc) is 2.67. The van der Waals surface area contributed by atoms with E-state index in [0.717, 1.165) is 11.1 Å². The number of aromatic amines is 1. The van der Waals surface area contributed by atoms with Gasteiger partial charge in [0.05, 0.1) is 5.56 Å². The molecule has 0 aliphatic heterocycles. The number of amides is 1.